The molecule has 0 aliphatic carbocycles. The Morgan fingerprint density at radius 3 is 2.22 bits per heavy atom. The van der Waals surface area contributed by atoms with Gasteiger partial charge in [-0.2, -0.15) is 13.2 Å². The van der Waals surface area contributed by atoms with Gasteiger partial charge in [0.15, 0.2) is 0 Å². The van der Waals surface area contributed by atoms with Gasteiger partial charge in [-0.25, -0.2) is 4.39 Å². The molecule has 0 bridgehead atoms. The maximum atomic E-state index is 12.8. The zero-order valence-corrected chi connectivity index (χ0v) is 12.2. The van der Waals surface area contributed by atoms with Gasteiger partial charge in [-0.1, -0.05) is 12.1 Å². The van der Waals surface area contributed by atoms with Crippen molar-refractivity contribution in [2.45, 2.75) is 31.5 Å². The Hall–Kier alpha value is -2.12. The third kappa shape index (κ3) is 4.94. The van der Waals surface area contributed by atoms with E-state index >= 15 is 0 Å². The number of amides is 2. The van der Waals surface area contributed by atoms with E-state index in [2.05, 4.69) is 0 Å². The molecule has 1 heterocycles. The molecule has 0 aromatic heterocycles. The predicted molar refractivity (Wildman–Crippen MR) is 73.9 cm³/mol. The Bertz CT molecular complexity index is 564. The molecule has 0 spiro atoms. The van der Waals surface area contributed by atoms with Crippen molar-refractivity contribution in [1.29, 1.82) is 0 Å². The summed E-state index contributed by atoms with van der Waals surface area (Å²) in [5, 5.41) is 1.93. The first-order chi connectivity index (χ1) is 10.8. The number of benzene rings is 1. The number of nitrogens with zero attached hydrogens (tertiary/aromatic N) is 1. The number of carbonyl (C=O) groups excluding carboxylic acids is 2. The number of nitrogens with one attached hydrogen (secondary N) is 1. The van der Waals surface area contributed by atoms with E-state index in [1.54, 1.807) is 4.90 Å². The number of hydrogen-bond donors (Lipinski definition) is 1. The largest absolute Gasteiger partial charge is 0.471 e. The third-order valence-electron chi connectivity index (χ3n) is 3.71. The molecular weight excluding hydrogens is 316 g/mol. The summed E-state index contributed by atoms with van der Waals surface area (Å²) in [5.74, 6) is -2.51. The normalized spacial score (nSPS) is 16.3. The van der Waals surface area contributed by atoms with Gasteiger partial charge in [0, 0.05) is 19.1 Å². The van der Waals surface area contributed by atoms with Gasteiger partial charge in [0.1, 0.15) is 5.82 Å². The fourth-order valence-corrected chi connectivity index (χ4v) is 2.43. The van der Waals surface area contributed by atoms with Crippen LogP contribution in [0.15, 0.2) is 24.3 Å². The van der Waals surface area contributed by atoms with Crippen LogP contribution in [-0.2, 0) is 16.0 Å². The summed E-state index contributed by atoms with van der Waals surface area (Å²) < 4.78 is 49.3. The van der Waals surface area contributed by atoms with Crippen LogP contribution in [0.1, 0.15) is 18.4 Å². The van der Waals surface area contributed by atoms with Crippen molar-refractivity contribution in [3.8, 4) is 0 Å². The lowest BCUT2D eigenvalue weighted by Crippen LogP contribution is -2.49. The fraction of sp³-hybridized carbons (Fsp3) is 0.467. The van der Waals surface area contributed by atoms with Gasteiger partial charge in [0.25, 0.3) is 0 Å². The molecule has 1 aromatic rings. The zero-order valence-electron chi connectivity index (χ0n) is 12.2. The first-order valence-corrected chi connectivity index (χ1v) is 7.15. The highest BCUT2D eigenvalue weighted by Gasteiger charge is 2.40. The van der Waals surface area contributed by atoms with Crippen LogP contribution < -0.4 is 5.32 Å². The summed E-state index contributed by atoms with van der Waals surface area (Å²) in [5.41, 5.74) is 0.670. The number of hydrogen-bond acceptors (Lipinski definition) is 2. The lowest BCUT2D eigenvalue weighted by atomic mass is 10.0. The summed E-state index contributed by atoms with van der Waals surface area (Å²) >= 11 is 0. The van der Waals surface area contributed by atoms with Gasteiger partial charge in [0.05, 0.1) is 6.42 Å². The summed E-state index contributed by atoms with van der Waals surface area (Å²) in [7, 11) is 0. The van der Waals surface area contributed by atoms with Gasteiger partial charge in [0.2, 0.25) is 5.91 Å². The van der Waals surface area contributed by atoms with E-state index in [-0.39, 0.29) is 44.1 Å². The molecule has 1 N–H and O–H groups in total. The minimum absolute atomic E-state index is 0.111. The van der Waals surface area contributed by atoms with E-state index < -0.39 is 18.1 Å². The van der Waals surface area contributed by atoms with Crippen molar-refractivity contribution in [1.82, 2.24) is 10.2 Å². The average molecular weight is 332 g/mol. The lowest BCUT2D eigenvalue weighted by Gasteiger charge is -2.32. The van der Waals surface area contributed by atoms with Crippen LogP contribution in [0.3, 0.4) is 0 Å². The molecule has 126 valence electrons. The molecular formula is C15H16F4N2O2. The number of carbonyl (C=O) groups is 2. The molecule has 0 atom stereocenters. The molecule has 1 saturated heterocycles. The smallest absolute Gasteiger partial charge is 0.345 e. The van der Waals surface area contributed by atoms with E-state index in [4.69, 9.17) is 0 Å². The van der Waals surface area contributed by atoms with Crippen molar-refractivity contribution >= 4 is 11.8 Å². The molecule has 23 heavy (non-hydrogen) atoms. The van der Waals surface area contributed by atoms with Gasteiger partial charge < -0.3 is 10.2 Å². The van der Waals surface area contributed by atoms with Crippen molar-refractivity contribution in [2.24, 2.45) is 0 Å². The number of piperidine rings is 1. The zero-order chi connectivity index (χ0) is 17.0. The van der Waals surface area contributed by atoms with Gasteiger partial charge in [-0.15, -0.1) is 0 Å². The number of rotatable bonds is 3. The number of halogens is 4. The standard InChI is InChI=1S/C15H16F4N2O2/c16-11-3-1-10(2-4-11)9-13(22)21-7-5-12(6-8-21)20-14(23)15(17,18)19/h1-4,12H,5-9H2,(H,20,23). The molecule has 2 amide bonds. The molecule has 1 aliphatic heterocycles. The van der Waals surface area contributed by atoms with Crippen LogP contribution in [0.4, 0.5) is 17.6 Å². The van der Waals surface area contributed by atoms with Crippen molar-refractivity contribution < 1.29 is 27.2 Å². The summed E-state index contributed by atoms with van der Waals surface area (Å²) in [6, 6.07) is 4.98. The van der Waals surface area contributed by atoms with Gasteiger partial charge in [-0.05, 0) is 30.5 Å². The van der Waals surface area contributed by atoms with Crippen LogP contribution in [0.2, 0.25) is 0 Å². The van der Waals surface area contributed by atoms with Gasteiger partial charge in [-0.3, -0.25) is 9.59 Å². The molecule has 1 aliphatic rings. The van der Waals surface area contributed by atoms with E-state index in [0.29, 0.717) is 5.56 Å². The molecule has 2 rings (SSSR count). The maximum absolute atomic E-state index is 12.8. The Kier molecular flexibility index (Phi) is 5.23. The van der Waals surface area contributed by atoms with Crippen LogP contribution in [-0.4, -0.2) is 42.0 Å². The Morgan fingerprint density at radius 1 is 1.13 bits per heavy atom. The second-order valence-electron chi connectivity index (χ2n) is 5.43. The SMILES string of the molecule is O=C(Cc1ccc(F)cc1)N1CCC(NC(=O)C(F)(F)F)CC1. The molecule has 1 aromatic carbocycles. The van der Waals surface area contributed by atoms with Crippen molar-refractivity contribution in [3.05, 3.63) is 35.6 Å². The molecule has 0 unspecified atom stereocenters. The number of alkyl halides is 3. The molecule has 0 radical (unpaired) electrons. The molecule has 8 heteroatoms. The molecule has 0 saturated carbocycles. The average Bonchev–Trinajstić information content (AvgIpc) is 2.49. The van der Waals surface area contributed by atoms with Crippen LogP contribution >= 0.6 is 0 Å². The predicted octanol–water partition coefficient (Wildman–Crippen LogP) is 2.04. The van der Waals surface area contributed by atoms with Crippen LogP contribution in [0, 0.1) is 5.82 Å². The number of likely N-dealkylation sites (tertiary alicyclic amines) is 1. The first-order valence-electron chi connectivity index (χ1n) is 7.15. The first kappa shape index (κ1) is 17.2. The summed E-state index contributed by atoms with van der Waals surface area (Å²) in [4.78, 5) is 24.5. The van der Waals surface area contributed by atoms with E-state index in [9.17, 15) is 27.2 Å². The molecule has 4 nitrogen and oxygen atoms in total. The lowest BCUT2D eigenvalue weighted by molar-refractivity contribution is -0.174. The minimum atomic E-state index is -4.89. The Labute approximate surface area is 130 Å². The minimum Gasteiger partial charge on any atom is -0.345 e. The summed E-state index contributed by atoms with van der Waals surface area (Å²) in [6.07, 6.45) is -4.23. The van der Waals surface area contributed by atoms with Crippen molar-refractivity contribution in [3.63, 3.8) is 0 Å². The Balaban J connectivity index is 1.81. The van der Waals surface area contributed by atoms with E-state index in [1.807, 2.05) is 5.32 Å². The second kappa shape index (κ2) is 6.97. The monoisotopic (exact) mass is 332 g/mol. The van der Waals surface area contributed by atoms with E-state index in [1.165, 1.54) is 24.3 Å². The fourth-order valence-electron chi connectivity index (χ4n) is 2.43. The Morgan fingerprint density at radius 2 is 1.70 bits per heavy atom. The quantitative estimate of drug-likeness (QED) is 0.861. The highest BCUT2D eigenvalue weighted by molar-refractivity contribution is 5.82. The van der Waals surface area contributed by atoms with Crippen molar-refractivity contribution in [2.75, 3.05) is 13.1 Å². The summed E-state index contributed by atoms with van der Waals surface area (Å²) in [6.45, 7) is 0.561. The van der Waals surface area contributed by atoms with Crippen LogP contribution in [0.25, 0.3) is 0 Å². The second-order valence-corrected chi connectivity index (χ2v) is 5.43. The van der Waals surface area contributed by atoms with E-state index in [0.717, 1.165) is 0 Å². The van der Waals surface area contributed by atoms with Gasteiger partial charge >= 0.3 is 12.1 Å². The highest BCUT2D eigenvalue weighted by Crippen LogP contribution is 2.18. The topological polar surface area (TPSA) is 49.4 Å². The maximum Gasteiger partial charge on any atom is 0.471 e. The van der Waals surface area contributed by atoms with Crippen LogP contribution in [0.5, 0.6) is 0 Å². The molecule has 1 fully saturated rings. The third-order valence-corrected chi connectivity index (χ3v) is 3.71. The highest BCUT2D eigenvalue weighted by atomic mass is 19.4.